The van der Waals surface area contributed by atoms with E-state index in [-0.39, 0.29) is 27.7 Å². The van der Waals surface area contributed by atoms with Crippen molar-refractivity contribution in [2.24, 2.45) is 17.3 Å². The van der Waals surface area contributed by atoms with Gasteiger partial charge in [0.25, 0.3) is 0 Å². The minimum Gasteiger partial charge on any atom is -0.358 e. The standard InChI is InChI=1S/C28H33ClN6O3/c1-17-23(18(2)33(31-17)22-7-5-4-6-8-22)15-30-24(36)14-27-10-20-9-21(11-27)13-28(12-20,16-27)34-19(3)25(29)26(32-34)35(37)38/h4-8,20-21H,9-16H2,1-3H3,(H,30,36). The fraction of sp³-hybridized carbons (Fsp3) is 0.536. The van der Waals surface area contributed by atoms with E-state index in [0.717, 1.165) is 54.7 Å². The molecule has 4 bridgehead atoms. The third kappa shape index (κ3) is 4.02. The predicted molar refractivity (Wildman–Crippen MR) is 143 cm³/mol. The Bertz CT molecular complexity index is 1410. The largest absolute Gasteiger partial charge is 0.408 e. The Morgan fingerprint density at radius 1 is 1.11 bits per heavy atom. The summed E-state index contributed by atoms with van der Waals surface area (Å²) in [6, 6.07) is 10.0. The first kappa shape index (κ1) is 25.1. The van der Waals surface area contributed by atoms with Gasteiger partial charge in [-0.25, -0.2) is 4.68 Å². The summed E-state index contributed by atoms with van der Waals surface area (Å²) < 4.78 is 3.78. The van der Waals surface area contributed by atoms with Gasteiger partial charge < -0.3 is 15.4 Å². The van der Waals surface area contributed by atoms with E-state index in [1.807, 2.05) is 60.5 Å². The van der Waals surface area contributed by atoms with Gasteiger partial charge in [-0.3, -0.25) is 4.79 Å². The molecule has 2 aromatic heterocycles. The highest BCUT2D eigenvalue weighted by Gasteiger charge is 2.60. The molecule has 9 nitrogen and oxygen atoms in total. The highest BCUT2D eigenvalue weighted by atomic mass is 35.5. The molecule has 0 spiro atoms. The van der Waals surface area contributed by atoms with Crippen molar-refractivity contribution in [1.82, 2.24) is 24.9 Å². The molecule has 200 valence electrons. The number of halogens is 1. The quantitative estimate of drug-likeness (QED) is 0.314. The molecule has 0 saturated heterocycles. The van der Waals surface area contributed by atoms with Gasteiger partial charge in [0.05, 0.1) is 27.7 Å². The average Bonchev–Trinajstić information content (AvgIpc) is 3.32. The Labute approximate surface area is 226 Å². The number of carbonyl (C=O) groups is 1. The van der Waals surface area contributed by atoms with Crippen molar-refractivity contribution >= 4 is 23.3 Å². The summed E-state index contributed by atoms with van der Waals surface area (Å²) in [5.41, 5.74) is 4.20. The molecule has 2 atom stereocenters. The minimum absolute atomic E-state index is 0.0505. The zero-order valence-corrected chi connectivity index (χ0v) is 22.8. The molecule has 4 aliphatic carbocycles. The van der Waals surface area contributed by atoms with E-state index >= 15 is 0 Å². The molecule has 1 amide bonds. The molecule has 4 fully saturated rings. The van der Waals surface area contributed by atoms with Crippen LogP contribution in [-0.4, -0.2) is 30.4 Å². The Morgan fingerprint density at radius 3 is 2.42 bits per heavy atom. The summed E-state index contributed by atoms with van der Waals surface area (Å²) in [7, 11) is 0. The molecule has 4 saturated carbocycles. The molecule has 1 aromatic carbocycles. The summed E-state index contributed by atoms with van der Waals surface area (Å²) in [5, 5.41) is 24.0. The number of hydrogen-bond acceptors (Lipinski definition) is 5. The molecular formula is C28H33ClN6O3. The maximum absolute atomic E-state index is 13.4. The van der Waals surface area contributed by atoms with Crippen molar-refractivity contribution in [2.75, 3.05) is 0 Å². The second-order valence-corrected chi connectivity index (χ2v) is 12.3. The van der Waals surface area contributed by atoms with Crippen LogP contribution in [0.25, 0.3) is 5.69 Å². The van der Waals surface area contributed by atoms with Gasteiger partial charge >= 0.3 is 5.82 Å². The van der Waals surface area contributed by atoms with Crippen LogP contribution in [-0.2, 0) is 16.9 Å². The van der Waals surface area contributed by atoms with Crippen LogP contribution in [0.4, 0.5) is 5.82 Å². The lowest BCUT2D eigenvalue weighted by molar-refractivity contribution is -0.389. The third-order valence-corrected chi connectivity index (χ3v) is 9.68. The summed E-state index contributed by atoms with van der Waals surface area (Å²) in [6.45, 7) is 6.28. The van der Waals surface area contributed by atoms with Gasteiger partial charge in [-0.15, -0.1) is 0 Å². The van der Waals surface area contributed by atoms with E-state index in [4.69, 9.17) is 16.7 Å². The van der Waals surface area contributed by atoms with Crippen LogP contribution in [0.3, 0.4) is 0 Å². The van der Waals surface area contributed by atoms with Crippen LogP contribution in [0.5, 0.6) is 0 Å². The second-order valence-electron chi connectivity index (χ2n) is 11.9. The molecule has 3 aromatic rings. The van der Waals surface area contributed by atoms with E-state index in [0.29, 0.717) is 30.5 Å². The van der Waals surface area contributed by atoms with Crippen LogP contribution >= 0.6 is 11.6 Å². The zero-order chi connectivity index (χ0) is 26.8. The van der Waals surface area contributed by atoms with Crippen molar-refractivity contribution in [3.8, 4) is 5.69 Å². The Morgan fingerprint density at radius 2 is 1.79 bits per heavy atom. The Hall–Kier alpha value is -3.20. The summed E-state index contributed by atoms with van der Waals surface area (Å²) >= 11 is 6.34. The van der Waals surface area contributed by atoms with Gasteiger partial charge in [0.1, 0.15) is 0 Å². The molecule has 0 aliphatic heterocycles. The van der Waals surface area contributed by atoms with Crippen molar-refractivity contribution in [1.29, 1.82) is 0 Å². The number of nitrogens with one attached hydrogen (secondary N) is 1. The van der Waals surface area contributed by atoms with Gasteiger partial charge in [0, 0.05) is 24.2 Å². The topological polar surface area (TPSA) is 108 Å². The molecule has 4 aliphatic rings. The predicted octanol–water partition coefficient (Wildman–Crippen LogP) is 5.56. The first-order valence-electron chi connectivity index (χ1n) is 13.4. The van der Waals surface area contributed by atoms with Gasteiger partial charge in [-0.1, -0.05) is 29.8 Å². The third-order valence-electron chi connectivity index (χ3n) is 9.24. The number of carbonyl (C=O) groups excluding carboxylic acids is 1. The maximum Gasteiger partial charge on any atom is 0.408 e. The van der Waals surface area contributed by atoms with E-state index in [1.54, 1.807) is 0 Å². The summed E-state index contributed by atoms with van der Waals surface area (Å²) in [6.07, 6.45) is 6.37. The van der Waals surface area contributed by atoms with Gasteiger partial charge in [-0.2, -0.15) is 9.78 Å². The van der Waals surface area contributed by atoms with E-state index in [1.165, 1.54) is 6.42 Å². The Balaban J connectivity index is 1.21. The number of benzene rings is 1. The van der Waals surface area contributed by atoms with E-state index in [9.17, 15) is 14.9 Å². The fourth-order valence-corrected chi connectivity index (χ4v) is 8.43. The van der Waals surface area contributed by atoms with Crippen LogP contribution in [0, 0.1) is 48.1 Å². The summed E-state index contributed by atoms with van der Waals surface area (Å²) in [5.74, 6) is 0.779. The molecule has 10 heteroatoms. The zero-order valence-electron chi connectivity index (χ0n) is 22.0. The SMILES string of the molecule is Cc1nn(-c2ccccc2)c(C)c1CNC(=O)CC12CC3CC(C1)CC(n1nc([N+](=O)[O-])c(Cl)c1C)(C3)C2. The molecule has 2 unspecified atom stereocenters. The number of amides is 1. The average molecular weight is 537 g/mol. The van der Waals surface area contributed by atoms with Gasteiger partial charge in [0.2, 0.25) is 5.91 Å². The first-order valence-corrected chi connectivity index (χ1v) is 13.7. The minimum atomic E-state index is -0.501. The number of aromatic nitrogens is 4. The van der Waals surface area contributed by atoms with Crippen molar-refractivity contribution in [3.63, 3.8) is 0 Å². The molecule has 0 radical (unpaired) electrons. The van der Waals surface area contributed by atoms with E-state index in [2.05, 4.69) is 10.4 Å². The van der Waals surface area contributed by atoms with Crippen LogP contribution in [0.1, 0.15) is 67.6 Å². The summed E-state index contributed by atoms with van der Waals surface area (Å²) in [4.78, 5) is 24.4. The van der Waals surface area contributed by atoms with Crippen LogP contribution in [0.2, 0.25) is 5.02 Å². The number of nitrogens with zero attached hydrogens (tertiary/aromatic N) is 5. The lowest BCUT2D eigenvalue weighted by Crippen LogP contribution is -2.58. The van der Waals surface area contributed by atoms with Crippen molar-refractivity contribution < 1.29 is 9.72 Å². The van der Waals surface area contributed by atoms with Crippen molar-refractivity contribution in [2.45, 2.75) is 77.8 Å². The highest BCUT2D eigenvalue weighted by molar-refractivity contribution is 6.33. The highest BCUT2D eigenvalue weighted by Crippen LogP contribution is 2.65. The van der Waals surface area contributed by atoms with Crippen LogP contribution in [0.15, 0.2) is 30.3 Å². The lowest BCUT2D eigenvalue weighted by atomic mass is 9.46. The molecule has 2 heterocycles. The number of nitro groups is 1. The molecule has 38 heavy (non-hydrogen) atoms. The first-order chi connectivity index (χ1) is 18.1. The number of para-hydroxylation sites is 1. The normalized spacial score (nSPS) is 27.6. The molecular weight excluding hydrogens is 504 g/mol. The van der Waals surface area contributed by atoms with Crippen LogP contribution < -0.4 is 5.32 Å². The van der Waals surface area contributed by atoms with Gasteiger partial charge in [-0.05, 0) is 93.6 Å². The lowest BCUT2D eigenvalue weighted by Gasteiger charge is -2.61. The monoisotopic (exact) mass is 536 g/mol. The van der Waals surface area contributed by atoms with Crippen molar-refractivity contribution in [3.05, 3.63) is 68.1 Å². The smallest absolute Gasteiger partial charge is 0.358 e. The molecule has 7 rings (SSSR count). The number of rotatable bonds is 7. The Kier molecular flexibility index (Phi) is 5.90. The molecule has 1 N–H and O–H groups in total. The maximum atomic E-state index is 13.4. The van der Waals surface area contributed by atoms with Gasteiger partial charge in [0.15, 0.2) is 5.02 Å². The second kappa shape index (κ2) is 8.93. The van der Waals surface area contributed by atoms with E-state index < -0.39 is 4.92 Å². The number of hydrogen-bond donors (Lipinski definition) is 1. The fourth-order valence-electron chi connectivity index (χ4n) is 8.24. The number of aryl methyl sites for hydroxylation is 1.